The third kappa shape index (κ3) is 2.90. The van der Waals surface area contributed by atoms with Crippen molar-refractivity contribution in [2.75, 3.05) is 6.54 Å². The molecule has 0 aromatic carbocycles. The van der Waals surface area contributed by atoms with Crippen LogP contribution >= 0.6 is 0 Å². The van der Waals surface area contributed by atoms with Crippen molar-refractivity contribution in [3.63, 3.8) is 0 Å². The molecule has 1 aliphatic heterocycles. The molecule has 0 aromatic heterocycles. The van der Waals surface area contributed by atoms with E-state index >= 15 is 0 Å². The van der Waals surface area contributed by atoms with Gasteiger partial charge in [-0.2, -0.15) is 0 Å². The van der Waals surface area contributed by atoms with Crippen molar-refractivity contribution in [3.05, 3.63) is 12.2 Å². The molecule has 1 saturated heterocycles. The highest BCUT2D eigenvalue weighted by molar-refractivity contribution is 5.98. The second kappa shape index (κ2) is 4.72. The van der Waals surface area contributed by atoms with Gasteiger partial charge in [0.2, 0.25) is 11.8 Å². The van der Waals surface area contributed by atoms with E-state index in [9.17, 15) is 14.4 Å². The normalized spacial score (nSPS) is 17.5. The monoisotopic (exact) mass is 211 g/mol. The summed E-state index contributed by atoms with van der Waals surface area (Å²) >= 11 is 0. The minimum Gasteiger partial charge on any atom is -0.478 e. The van der Waals surface area contributed by atoms with Gasteiger partial charge in [-0.05, 0) is 12.8 Å². The molecule has 5 nitrogen and oxygen atoms in total. The summed E-state index contributed by atoms with van der Waals surface area (Å²) in [5, 5.41) is 8.61. The first-order valence-electron chi connectivity index (χ1n) is 4.76. The number of aliphatic carboxylic acids is 1. The molecule has 82 valence electrons. The molecule has 0 spiro atoms. The minimum atomic E-state index is -1.18. The Labute approximate surface area is 87.4 Å². The molecule has 0 aliphatic carbocycles. The highest BCUT2D eigenvalue weighted by Gasteiger charge is 2.25. The van der Waals surface area contributed by atoms with Gasteiger partial charge in [-0.1, -0.05) is 6.58 Å². The molecule has 0 aromatic rings. The molecule has 0 atom stereocenters. The smallest absolute Gasteiger partial charge is 0.332 e. The Morgan fingerprint density at radius 2 is 1.73 bits per heavy atom. The third-order valence-corrected chi connectivity index (χ3v) is 2.28. The van der Waals surface area contributed by atoms with Gasteiger partial charge in [0.15, 0.2) is 0 Å². The fraction of sp³-hybridized carbons (Fsp3) is 0.500. The number of carboxylic acids is 1. The number of likely N-dealkylation sites (tertiary alicyclic amines) is 1. The summed E-state index contributed by atoms with van der Waals surface area (Å²) in [4.78, 5) is 34.4. The van der Waals surface area contributed by atoms with Gasteiger partial charge in [-0.25, -0.2) is 4.79 Å². The zero-order valence-electron chi connectivity index (χ0n) is 8.36. The number of carboxylic acid groups (broad SMARTS) is 1. The lowest BCUT2D eigenvalue weighted by molar-refractivity contribution is -0.143. The maximum absolute atomic E-state index is 11.5. The van der Waals surface area contributed by atoms with E-state index in [1.807, 2.05) is 0 Å². The summed E-state index contributed by atoms with van der Waals surface area (Å²) in [5.74, 6) is -1.79. The first-order valence-corrected chi connectivity index (χ1v) is 4.76. The van der Waals surface area contributed by atoms with E-state index in [2.05, 4.69) is 6.58 Å². The molecule has 0 saturated carbocycles. The lowest BCUT2D eigenvalue weighted by Gasteiger charge is -2.18. The highest BCUT2D eigenvalue weighted by atomic mass is 16.4. The van der Waals surface area contributed by atoms with Gasteiger partial charge in [0.1, 0.15) is 0 Å². The average molecular weight is 211 g/mol. The van der Waals surface area contributed by atoms with Gasteiger partial charge in [-0.15, -0.1) is 0 Å². The number of amides is 2. The van der Waals surface area contributed by atoms with Crippen molar-refractivity contribution in [2.24, 2.45) is 0 Å². The topological polar surface area (TPSA) is 74.7 Å². The third-order valence-electron chi connectivity index (χ3n) is 2.28. The Bertz CT molecular complexity index is 303. The van der Waals surface area contributed by atoms with Gasteiger partial charge in [0.25, 0.3) is 0 Å². The van der Waals surface area contributed by atoms with Crippen molar-refractivity contribution in [3.8, 4) is 0 Å². The zero-order valence-corrected chi connectivity index (χ0v) is 8.36. The van der Waals surface area contributed by atoms with E-state index in [0.29, 0.717) is 25.7 Å². The first kappa shape index (κ1) is 11.4. The molecule has 5 heteroatoms. The molecular weight excluding hydrogens is 198 g/mol. The van der Waals surface area contributed by atoms with Crippen LogP contribution in [0.1, 0.15) is 25.7 Å². The molecule has 1 aliphatic rings. The van der Waals surface area contributed by atoms with Gasteiger partial charge in [0, 0.05) is 18.4 Å². The van der Waals surface area contributed by atoms with Crippen LogP contribution in [-0.2, 0) is 14.4 Å². The molecule has 2 amide bonds. The van der Waals surface area contributed by atoms with Gasteiger partial charge < -0.3 is 5.11 Å². The highest BCUT2D eigenvalue weighted by Crippen LogP contribution is 2.13. The van der Waals surface area contributed by atoms with Crippen LogP contribution in [0, 0.1) is 0 Å². The van der Waals surface area contributed by atoms with Crippen molar-refractivity contribution in [2.45, 2.75) is 25.7 Å². The Hall–Kier alpha value is -1.65. The summed E-state index contributed by atoms with van der Waals surface area (Å²) < 4.78 is 0. The van der Waals surface area contributed by atoms with Gasteiger partial charge in [-0.3, -0.25) is 14.5 Å². The van der Waals surface area contributed by atoms with Crippen LogP contribution < -0.4 is 0 Å². The second-order valence-corrected chi connectivity index (χ2v) is 3.49. The molecule has 1 rings (SSSR count). The van der Waals surface area contributed by atoms with Crippen LogP contribution in [0.2, 0.25) is 0 Å². The number of hydrogen-bond donors (Lipinski definition) is 1. The van der Waals surface area contributed by atoms with E-state index in [1.165, 1.54) is 0 Å². The van der Waals surface area contributed by atoms with Crippen molar-refractivity contribution in [1.29, 1.82) is 0 Å². The largest absolute Gasteiger partial charge is 0.478 e. The van der Waals surface area contributed by atoms with E-state index in [0.717, 1.165) is 4.90 Å². The van der Waals surface area contributed by atoms with Crippen LogP contribution in [0.15, 0.2) is 12.2 Å². The van der Waals surface area contributed by atoms with E-state index in [1.54, 1.807) is 0 Å². The number of carbonyl (C=O) groups is 3. The molecule has 0 radical (unpaired) electrons. The van der Waals surface area contributed by atoms with Crippen LogP contribution in [0.5, 0.6) is 0 Å². The van der Waals surface area contributed by atoms with Crippen molar-refractivity contribution < 1.29 is 19.5 Å². The molecule has 0 unspecified atom stereocenters. The molecule has 0 bridgehead atoms. The predicted molar refractivity (Wildman–Crippen MR) is 52.0 cm³/mol. The van der Waals surface area contributed by atoms with Crippen molar-refractivity contribution in [1.82, 2.24) is 4.90 Å². The SMILES string of the molecule is C=C(CN1C(=O)CCCCC1=O)C(=O)O. The first-order chi connectivity index (χ1) is 7.02. The molecule has 15 heavy (non-hydrogen) atoms. The standard InChI is InChI=1S/C10H13NO4/c1-7(10(14)15)6-11-8(12)4-2-3-5-9(11)13/h1-6H2,(H,14,15). The van der Waals surface area contributed by atoms with Crippen LogP contribution in [0.25, 0.3) is 0 Å². The predicted octanol–water partition coefficient (Wildman–Crippen LogP) is 0.556. The zero-order chi connectivity index (χ0) is 11.4. The Kier molecular flexibility index (Phi) is 3.60. The lowest BCUT2D eigenvalue weighted by Crippen LogP contribution is -2.37. The second-order valence-electron chi connectivity index (χ2n) is 3.49. The van der Waals surface area contributed by atoms with E-state index < -0.39 is 5.97 Å². The quantitative estimate of drug-likeness (QED) is 0.546. The number of hydrogen-bond acceptors (Lipinski definition) is 3. The number of nitrogens with zero attached hydrogens (tertiary/aromatic N) is 1. The maximum Gasteiger partial charge on any atom is 0.332 e. The Morgan fingerprint density at radius 3 is 2.13 bits per heavy atom. The fourth-order valence-corrected chi connectivity index (χ4v) is 1.40. The van der Waals surface area contributed by atoms with Gasteiger partial charge >= 0.3 is 5.97 Å². The summed E-state index contributed by atoms with van der Waals surface area (Å²) in [6.07, 6.45) is 1.97. The van der Waals surface area contributed by atoms with Crippen LogP contribution in [0.3, 0.4) is 0 Å². The Morgan fingerprint density at radius 1 is 1.27 bits per heavy atom. The average Bonchev–Trinajstić information content (AvgIpc) is 2.32. The molecule has 1 N–H and O–H groups in total. The summed E-state index contributed by atoms with van der Waals surface area (Å²) in [6.45, 7) is 3.10. The summed E-state index contributed by atoms with van der Waals surface area (Å²) in [6, 6.07) is 0. The lowest BCUT2D eigenvalue weighted by atomic mass is 10.2. The Balaban J connectivity index is 2.71. The van der Waals surface area contributed by atoms with Crippen LogP contribution in [-0.4, -0.2) is 34.3 Å². The maximum atomic E-state index is 11.5. The molecule has 1 heterocycles. The summed E-state index contributed by atoms with van der Waals surface area (Å²) in [5.41, 5.74) is -0.140. The van der Waals surface area contributed by atoms with Gasteiger partial charge in [0.05, 0.1) is 6.54 Å². The molecular formula is C10H13NO4. The summed E-state index contributed by atoms with van der Waals surface area (Å²) in [7, 11) is 0. The minimum absolute atomic E-state index is 0.140. The number of imide groups is 1. The number of carbonyl (C=O) groups excluding carboxylic acids is 2. The van der Waals surface area contributed by atoms with E-state index in [-0.39, 0.29) is 23.9 Å². The van der Waals surface area contributed by atoms with Crippen molar-refractivity contribution >= 4 is 17.8 Å². The van der Waals surface area contributed by atoms with Crippen LogP contribution in [0.4, 0.5) is 0 Å². The molecule has 1 fully saturated rings. The fourth-order valence-electron chi connectivity index (χ4n) is 1.40. The van der Waals surface area contributed by atoms with E-state index in [4.69, 9.17) is 5.11 Å². The number of rotatable bonds is 3.